The lowest BCUT2D eigenvalue weighted by atomic mass is 9.79. The molecule has 121 heavy (non-hydrogen) atoms. The van der Waals surface area contributed by atoms with Gasteiger partial charge in [-0.05, 0) is 217 Å². The molecule has 578 valence electrons. The topological polar surface area (TPSA) is 115 Å². The van der Waals surface area contributed by atoms with Crippen molar-refractivity contribution in [3.8, 4) is 90.0 Å². The highest BCUT2D eigenvalue weighted by molar-refractivity contribution is 6.62. The Morgan fingerprint density at radius 1 is 0.264 bits per heavy atom. The summed E-state index contributed by atoms with van der Waals surface area (Å²) in [6.07, 6.45) is 0. The lowest BCUT2D eigenvalue weighted by Crippen LogP contribution is -2.41. The van der Waals surface area contributed by atoms with Gasteiger partial charge in [0, 0.05) is 55.2 Å². The molecule has 0 atom stereocenters. The van der Waals surface area contributed by atoms with E-state index < -0.39 is 0 Å². The Kier molecular flexibility index (Phi) is 19.3. The van der Waals surface area contributed by atoms with Crippen molar-refractivity contribution >= 4 is 133 Å². The monoisotopic (exact) mass is 1580 g/mol. The number of nitrogens with zero attached hydrogens (tertiary/aromatic N) is 6. The molecule has 22 aromatic rings. The lowest BCUT2D eigenvalue weighted by Gasteiger charge is -2.32. The van der Waals surface area contributed by atoms with Crippen LogP contribution in [0, 0.1) is 0 Å². The van der Waals surface area contributed by atoms with Crippen LogP contribution in [-0.4, -0.2) is 47.4 Å². The number of rotatable bonds is 10. The summed E-state index contributed by atoms with van der Waals surface area (Å²) in [7, 11) is -0.364. The smallest absolute Gasteiger partial charge is 0.399 e. The average molecular weight is 1580 g/mol. The molecular weight excluding hydrogens is 1500 g/mol. The Morgan fingerprint density at radius 2 is 0.587 bits per heavy atom. The van der Waals surface area contributed by atoms with Crippen LogP contribution in [0.5, 0.6) is 0 Å². The molecule has 11 heteroatoms. The number of aromatic nitrogens is 6. The summed E-state index contributed by atoms with van der Waals surface area (Å²) in [4.78, 5) is 20.7. The molecule has 1 aliphatic rings. The Labute approximate surface area is 706 Å². The quantitative estimate of drug-likeness (QED) is 0.107. The van der Waals surface area contributed by atoms with Gasteiger partial charge < -0.3 is 15.5 Å². The fourth-order valence-corrected chi connectivity index (χ4v) is 17.4. The number of halogens is 1. The van der Waals surface area contributed by atoms with E-state index in [9.17, 15) is 0 Å². The Bertz CT molecular complexity index is 7740. The van der Waals surface area contributed by atoms with Crippen molar-refractivity contribution in [1.29, 1.82) is 0 Å². The number of benzene rings is 18. The van der Waals surface area contributed by atoms with E-state index in [1.807, 2.05) is 18.2 Å². The third kappa shape index (κ3) is 14.0. The molecule has 1 saturated heterocycles. The number of pyridine rings is 2. The third-order valence-corrected chi connectivity index (χ3v) is 24.4. The van der Waals surface area contributed by atoms with Crippen molar-refractivity contribution in [2.75, 3.05) is 0 Å². The predicted molar refractivity (Wildman–Crippen MR) is 508 cm³/mol. The second-order valence-corrected chi connectivity index (χ2v) is 32.4. The summed E-state index contributed by atoms with van der Waals surface area (Å²) in [6.45, 7) is 8.29. The Balaban J connectivity index is 0.000000122. The van der Waals surface area contributed by atoms with Crippen molar-refractivity contribution in [3.63, 3.8) is 0 Å². The minimum absolute atomic E-state index is 0. The van der Waals surface area contributed by atoms with Gasteiger partial charge in [-0.1, -0.05) is 315 Å². The van der Waals surface area contributed by atoms with Crippen molar-refractivity contribution in [2.24, 2.45) is 0 Å². The van der Waals surface area contributed by atoms with Crippen LogP contribution in [0.4, 0.5) is 0 Å². The molecule has 0 unspecified atom stereocenters. The fourth-order valence-electron chi connectivity index (χ4n) is 17.2. The van der Waals surface area contributed by atoms with Crippen LogP contribution in [-0.2, 0) is 9.31 Å². The van der Waals surface area contributed by atoms with Gasteiger partial charge in [0.1, 0.15) is 11.6 Å². The maximum absolute atomic E-state index is 6.95. The van der Waals surface area contributed by atoms with Crippen LogP contribution in [0.2, 0.25) is 5.02 Å². The zero-order valence-corrected chi connectivity index (χ0v) is 68.0. The molecule has 0 spiro atoms. The van der Waals surface area contributed by atoms with E-state index in [-0.39, 0.29) is 24.5 Å². The minimum atomic E-state index is -0.364. The number of fused-ring (bicyclic) bond motifs is 12. The molecule has 3 N–H and O–H groups in total. The molecule has 0 radical (unpaired) electrons. The zero-order valence-electron chi connectivity index (χ0n) is 67.3. The number of hydrogen-bond donors (Lipinski definition) is 1. The van der Waals surface area contributed by atoms with Gasteiger partial charge in [-0.3, -0.25) is 9.13 Å². The minimum Gasteiger partial charge on any atom is -0.399 e. The average Bonchev–Trinajstić information content (AvgIpc) is 1.65. The molecular formula is C110H81BClN7O2. The van der Waals surface area contributed by atoms with Crippen LogP contribution in [0.15, 0.2) is 400 Å². The molecule has 1 fully saturated rings. The third-order valence-electron chi connectivity index (χ3n) is 24.1. The standard InChI is InChI=1S/C52H33N3.C33H20ClN.C25H25BN2O2.H3N/c1-2-16-42(17-3-1)55-50-21-11-10-20-48(50)54-52(55)37-26-24-36(25-27-37)46-33-49(41-29-23-35-13-5-7-15-39(35)31-41)53-51-44-19-9-8-18-43(44)45(32-47(46)51)40-28-22-34-12-4-6-14-38(34)30-40;34-31-20-32(26-16-14-22-8-2-4-10-24(22)18-26)35-33-28-12-6-5-11-27(28)29(19-30(31)33)25-15-13-21-7-1-3-9-23(21)17-25;1-24(2)25(3,4)30-26(29-24)19-16-14-18(15-17-19)23-27-21-12-8-9-13-22(21)28(23)20-10-6-5-7-11-20;/h1-33H;1-20H;5-17H,1-4H3;1H3. The summed E-state index contributed by atoms with van der Waals surface area (Å²) in [5, 5.41) is 17.2. The van der Waals surface area contributed by atoms with Crippen LogP contribution in [0.25, 0.3) is 199 Å². The predicted octanol–water partition coefficient (Wildman–Crippen LogP) is 28.5. The molecule has 0 amide bonds. The highest BCUT2D eigenvalue weighted by atomic mass is 35.5. The van der Waals surface area contributed by atoms with Crippen molar-refractivity contribution < 1.29 is 9.31 Å². The fraction of sp³-hybridized carbons (Fsp3) is 0.0545. The second-order valence-electron chi connectivity index (χ2n) is 32.0. The number of hydrogen-bond acceptors (Lipinski definition) is 7. The maximum Gasteiger partial charge on any atom is 0.494 e. The van der Waals surface area contributed by atoms with Crippen LogP contribution < -0.4 is 11.6 Å². The van der Waals surface area contributed by atoms with Crippen molar-refractivity contribution in [3.05, 3.63) is 405 Å². The molecule has 23 rings (SSSR count). The van der Waals surface area contributed by atoms with Crippen LogP contribution in [0.1, 0.15) is 27.7 Å². The first-order valence-corrected chi connectivity index (χ1v) is 41.2. The van der Waals surface area contributed by atoms with Crippen LogP contribution in [0.3, 0.4) is 0 Å². The van der Waals surface area contributed by atoms with Crippen LogP contribution >= 0.6 is 11.6 Å². The lowest BCUT2D eigenvalue weighted by molar-refractivity contribution is 0.00578. The van der Waals surface area contributed by atoms with Gasteiger partial charge in [-0.2, -0.15) is 0 Å². The van der Waals surface area contributed by atoms with E-state index in [4.69, 9.17) is 40.8 Å². The van der Waals surface area contributed by atoms with E-state index in [0.717, 1.165) is 128 Å². The van der Waals surface area contributed by atoms with Crippen molar-refractivity contribution in [2.45, 2.75) is 38.9 Å². The van der Waals surface area contributed by atoms with Gasteiger partial charge in [0.05, 0.1) is 60.7 Å². The van der Waals surface area contributed by atoms with Crippen molar-refractivity contribution in [1.82, 2.24) is 35.2 Å². The van der Waals surface area contributed by atoms with Gasteiger partial charge in [0.25, 0.3) is 0 Å². The van der Waals surface area contributed by atoms with E-state index in [2.05, 4.69) is 419 Å². The molecule has 0 saturated carbocycles. The highest BCUT2D eigenvalue weighted by Gasteiger charge is 2.51. The molecule has 0 aliphatic carbocycles. The summed E-state index contributed by atoms with van der Waals surface area (Å²) in [5.41, 5.74) is 21.7. The largest absolute Gasteiger partial charge is 0.494 e. The molecule has 4 aromatic heterocycles. The van der Waals surface area contributed by atoms with E-state index in [1.165, 1.54) is 76.1 Å². The number of imidazole rings is 2. The van der Waals surface area contributed by atoms with Gasteiger partial charge in [0.2, 0.25) is 0 Å². The van der Waals surface area contributed by atoms with Gasteiger partial charge in [-0.15, -0.1) is 0 Å². The SMILES string of the molecule is CC1(C)OB(c2ccc(-c3nc4ccccc4n3-c3ccccc3)cc2)OC1(C)C.Clc1cc(-c2ccc3ccccc3c2)nc2c1cc(-c1ccc3ccccc3c1)c1ccccc12.N.c1ccc(-n2c(-c3ccc(-c4cc(-c5ccc6ccccc6c5)nc5c4cc(-c4ccc6ccccc6c4)c4ccccc45)cc3)nc3ccccc32)cc1. The number of para-hydroxylation sites is 6. The molecule has 18 aromatic carbocycles. The maximum atomic E-state index is 6.95. The van der Waals surface area contributed by atoms with E-state index in [1.54, 1.807) is 0 Å². The summed E-state index contributed by atoms with van der Waals surface area (Å²) in [5.74, 6) is 1.84. The van der Waals surface area contributed by atoms with E-state index in [0.29, 0.717) is 5.02 Å². The summed E-state index contributed by atoms with van der Waals surface area (Å²) < 4.78 is 16.9. The van der Waals surface area contributed by atoms with Gasteiger partial charge >= 0.3 is 7.12 Å². The normalized spacial score (nSPS) is 13.0. The summed E-state index contributed by atoms with van der Waals surface area (Å²) in [6, 6.07) is 141. The first-order chi connectivity index (χ1) is 58.8. The molecule has 1 aliphatic heterocycles. The second kappa shape index (κ2) is 31.1. The van der Waals surface area contributed by atoms with Gasteiger partial charge in [0.15, 0.2) is 0 Å². The highest BCUT2D eigenvalue weighted by Crippen LogP contribution is 2.45. The Morgan fingerprint density at radius 3 is 1.03 bits per heavy atom. The zero-order chi connectivity index (χ0) is 80.6. The first-order valence-electron chi connectivity index (χ1n) is 40.8. The summed E-state index contributed by atoms with van der Waals surface area (Å²) >= 11 is 6.95. The molecule has 5 heterocycles. The molecule has 0 bridgehead atoms. The van der Waals surface area contributed by atoms with E-state index >= 15 is 0 Å². The first kappa shape index (κ1) is 75.3. The molecule has 9 nitrogen and oxygen atoms in total. The van der Waals surface area contributed by atoms with Gasteiger partial charge in [-0.25, -0.2) is 19.9 Å². The Hall–Kier alpha value is -14.5.